The second kappa shape index (κ2) is 7.71. The zero-order valence-electron chi connectivity index (χ0n) is 11.7. The summed E-state index contributed by atoms with van der Waals surface area (Å²) < 4.78 is 15.8. The summed E-state index contributed by atoms with van der Waals surface area (Å²) in [6.07, 6.45) is 3.10. The monoisotopic (exact) mass is 259 g/mol. The first kappa shape index (κ1) is 15.4. The molecule has 0 spiro atoms. The Bertz CT molecular complexity index is 255. The van der Waals surface area contributed by atoms with Gasteiger partial charge in [-0.15, -0.1) is 0 Å². The first-order valence-electron chi connectivity index (χ1n) is 6.64. The number of nitrogens with one attached hydrogen (secondary N) is 1. The third-order valence-electron chi connectivity index (χ3n) is 3.32. The van der Waals surface area contributed by atoms with Crippen molar-refractivity contribution in [1.29, 1.82) is 0 Å². The van der Waals surface area contributed by atoms with Crippen LogP contribution >= 0.6 is 0 Å². The van der Waals surface area contributed by atoms with Crippen molar-refractivity contribution in [3.05, 3.63) is 0 Å². The maximum Gasteiger partial charge on any atom is 0.328 e. The van der Waals surface area contributed by atoms with E-state index >= 15 is 0 Å². The molecule has 1 fully saturated rings. The second-order valence-electron chi connectivity index (χ2n) is 4.65. The van der Waals surface area contributed by atoms with Crippen molar-refractivity contribution in [2.75, 3.05) is 40.6 Å². The van der Waals surface area contributed by atoms with E-state index in [0.29, 0.717) is 25.7 Å². The lowest BCUT2D eigenvalue weighted by atomic mass is 9.94. The van der Waals surface area contributed by atoms with Crippen LogP contribution < -0.4 is 5.32 Å². The zero-order chi connectivity index (χ0) is 13.4. The number of ether oxygens (including phenoxy) is 3. The third-order valence-corrected chi connectivity index (χ3v) is 3.32. The van der Waals surface area contributed by atoms with Gasteiger partial charge in [0.15, 0.2) is 0 Å². The van der Waals surface area contributed by atoms with Gasteiger partial charge in [0.05, 0.1) is 26.9 Å². The molecule has 1 atom stereocenters. The lowest BCUT2D eigenvalue weighted by Crippen LogP contribution is -2.56. The van der Waals surface area contributed by atoms with Gasteiger partial charge in [-0.2, -0.15) is 0 Å². The Morgan fingerprint density at radius 2 is 1.94 bits per heavy atom. The van der Waals surface area contributed by atoms with Crippen LogP contribution in [0.2, 0.25) is 0 Å². The second-order valence-corrected chi connectivity index (χ2v) is 4.65. The molecule has 1 aliphatic carbocycles. The van der Waals surface area contributed by atoms with Gasteiger partial charge < -0.3 is 19.5 Å². The topological polar surface area (TPSA) is 56.8 Å². The maximum atomic E-state index is 11.9. The molecule has 5 heteroatoms. The van der Waals surface area contributed by atoms with E-state index in [1.54, 1.807) is 7.05 Å². The molecule has 1 N–H and O–H groups in total. The first-order valence-corrected chi connectivity index (χ1v) is 6.64. The molecule has 0 heterocycles. The highest BCUT2D eigenvalue weighted by molar-refractivity contribution is 5.82. The van der Waals surface area contributed by atoms with Crippen molar-refractivity contribution in [3.8, 4) is 0 Å². The molecule has 0 aromatic carbocycles. The van der Waals surface area contributed by atoms with E-state index in [-0.39, 0.29) is 5.97 Å². The predicted octanol–water partition coefficient (Wildman–Crippen LogP) is 0.971. The van der Waals surface area contributed by atoms with Crippen LogP contribution in [-0.4, -0.2) is 52.1 Å². The molecule has 5 nitrogen and oxygen atoms in total. The summed E-state index contributed by atoms with van der Waals surface area (Å²) in [4.78, 5) is 11.9. The van der Waals surface area contributed by atoms with Gasteiger partial charge in [0.2, 0.25) is 0 Å². The molecule has 0 bridgehead atoms. The molecular weight excluding hydrogens is 234 g/mol. The Labute approximate surface area is 109 Å². The van der Waals surface area contributed by atoms with Crippen molar-refractivity contribution >= 4 is 5.97 Å². The van der Waals surface area contributed by atoms with E-state index in [9.17, 15) is 4.79 Å². The van der Waals surface area contributed by atoms with Crippen molar-refractivity contribution in [2.45, 2.75) is 31.7 Å². The molecule has 0 saturated heterocycles. The van der Waals surface area contributed by atoms with Gasteiger partial charge in [0.25, 0.3) is 0 Å². The Morgan fingerprint density at radius 3 is 2.44 bits per heavy atom. The minimum Gasteiger partial charge on any atom is -0.468 e. The highest BCUT2D eigenvalue weighted by Gasteiger charge is 2.51. The summed E-state index contributed by atoms with van der Waals surface area (Å²) in [6.45, 7) is 4.24. The number of hydrogen-bond donors (Lipinski definition) is 1. The normalized spacial score (nSPS) is 18.4. The number of likely N-dealkylation sites (N-methyl/N-ethyl adjacent to an activating group) is 1. The smallest absolute Gasteiger partial charge is 0.328 e. The fourth-order valence-corrected chi connectivity index (χ4v) is 2.08. The zero-order valence-corrected chi connectivity index (χ0v) is 11.7. The van der Waals surface area contributed by atoms with Crippen LogP contribution in [0.5, 0.6) is 0 Å². The minimum absolute atomic E-state index is 0.234. The standard InChI is InChI=1S/C13H25NO4/c1-4-7-17-8-9-18-10-13(14-2,11-5-6-11)12(15)16-3/h11,14H,4-10H2,1-3H3. The van der Waals surface area contributed by atoms with Crippen LogP contribution in [0.25, 0.3) is 0 Å². The SMILES string of the molecule is CCCOCCOCC(NC)(C(=O)OC)C1CC1. The van der Waals surface area contributed by atoms with E-state index in [4.69, 9.17) is 14.2 Å². The Morgan fingerprint density at radius 1 is 1.28 bits per heavy atom. The van der Waals surface area contributed by atoms with Crippen molar-refractivity contribution in [2.24, 2.45) is 5.92 Å². The molecule has 0 aliphatic heterocycles. The highest BCUT2D eigenvalue weighted by Crippen LogP contribution is 2.40. The van der Waals surface area contributed by atoms with Gasteiger partial charge in [-0.1, -0.05) is 6.92 Å². The van der Waals surface area contributed by atoms with Crippen molar-refractivity contribution in [1.82, 2.24) is 5.32 Å². The van der Waals surface area contributed by atoms with Crippen molar-refractivity contribution < 1.29 is 19.0 Å². The van der Waals surface area contributed by atoms with E-state index in [2.05, 4.69) is 12.2 Å². The van der Waals surface area contributed by atoms with Gasteiger partial charge in [0.1, 0.15) is 5.54 Å². The molecule has 106 valence electrons. The fourth-order valence-electron chi connectivity index (χ4n) is 2.08. The fraction of sp³-hybridized carbons (Fsp3) is 0.923. The van der Waals surface area contributed by atoms with Crippen LogP contribution in [0.15, 0.2) is 0 Å². The molecule has 1 saturated carbocycles. The molecule has 18 heavy (non-hydrogen) atoms. The van der Waals surface area contributed by atoms with Crippen molar-refractivity contribution in [3.63, 3.8) is 0 Å². The number of carbonyl (C=O) groups is 1. The molecule has 1 rings (SSSR count). The molecule has 1 aliphatic rings. The average molecular weight is 259 g/mol. The van der Waals surface area contributed by atoms with Gasteiger partial charge in [-0.3, -0.25) is 0 Å². The molecule has 1 unspecified atom stereocenters. The van der Waals surface area contributed by atoms with Crippen LogP contribution in [0.1, 0.15) is 26.2 Å². The van der Waals surface area contributed by atoms with Gasteiger partial charge in [0, 0.05) is 6.61 Å². The Hall–Kier alpha value is -0.650. The summed E-state index contributed by atoms with van der Waals surface area (Å²) in [5.41, 5.74) is -0.681. The molecule has 0 aromatic heterocycles. The number of rotatable bonds is 10. The van der Waals surface area contributed by atoms with Gasteiger partial charge >= 0.3 is 5.97 Å². The largest absolute Gasteiger partial charge is 0.468 e. The quantitative estimate of drug-likeness (QED) is 0.468. The average Bonchev–Trinajstić information content (AvgIpc) is 3.22. The van der Waals surface area contributed by atoms with E-state index < -0.39 is 5.54 Å². The first-order chi connectivity index (χ1) is 8.71. The summed E-state index contributed by atoms with van der Waals surface area (Å²) >= 11 is 0. The highest BCUT2D eigenvalue weighted by atomic mass is 16.5. The van der Waals surface area contributed by atoms with Crippen LogP contribution in [0.3, 0.4) is 0 Å². The maximum absolute atomic E-state index is 11.9. The summed E-state index contributed by atoms with van der Waals surface area (Å²) in [5.74, 6) is 0.0912. The number of carbonyl (C=O) groups excluding carboxylic acids is 1. The van der Waals surface area contributed by atoms with Gasteiger partial charge in [-0.05, 0) is 32.2 Å². The minimum atomic E-state index is -0.681. The van der Waals surface area contributed by atoms with Crippen LogP contribution in [0, 0.1) is 5.92 Å². The Balaban J connectivity index is 2.35. The summed E-state index contributed by atoms with van der Waals surface area (Å²) in [7, 11) is 3.20. The number of esters is 1. The van der Waals surface area contributed by atoms with E-state index in [0.717, 1.165) is 25.9 Å². The van der Waals surface area contributed by atoms with E-state index in [1.807, 2.05) is 0 Å². The van der Waals surface area contributed by atoms with E-state index in [1.165, 1.54) is 7.11 Å². The Kier molecular flexibility index (Phi) is 6.60. The van der Waals surface area contributed by atoms with Gasteiger partial charge in [-0.25, -0.2) is 4.79 Å². The number of methoxy groups -OCH3 is 1. The third kappa shape index (κ3) is 3.93. The summed E-state index contributed by atoms with van der Waals surface area (Å²) in [6, 6.07) is 0. The molecule has 0 amide bonds. The molecular formula is C13H25NO4. The molecule has 0 aromatic rings. The molecule has 0 radical (unpaired) electrons. The van der Waals surface area contributed by atoms with Crippen LogP contribution in [0.4, 0.5) is 0 Å². The summed E-state index contributed by atoms with van der Waals surface area (Å²) in [5, 5.41) is 3.09. The lowest BCUT2D eigenvalue weighted by molar-refractivity contribution is -0.153. The van der Waals surface area contributed by atoms with Crippen LogP contribution in [-0.2, 0) is 19.0 Å². The number of hydrogen-bond acceptors (Lipinski definition) is 5. The lowest BCUT2D eigenvalue weighted by Gasteiger charge is -2.30. The predicted molar refractivity (Wildman–Crippen MR) is 68.5 cm³/mol.